The highest BCUT2D eigenvalue weighted by atomic mass is 16.3. The Balaban J connectivity index is 1.64. The molecule has 27 heavy (non-hydrogen) atoms. The zero-order valence-corrected chi connectivity index (χ0v) is 14.7. The van der Waals surface area contributed by atoms with Gasteiger partial charge in [-0.2, -0.15) is 4.98 Å². The molecule has 134 valence electrons. The first-order valence-electron chi connectivity index (χ1n) is 8.47. The normalized spacial score (nSPS) is 10.7. The van der Waals surface area contributed by atoms with Crippen molar-refractivity contribution in [2.24, 2.45) is 0 Å². The van der Waals surface area contributed by atoms with Crippen molar-refractivity contribution < 1.29 is 9.21 Å². The number of hydrogen-bond acceptors (Lipinski definition) is 5. The van der Waals surface area contributed by atoms with Crippen LogP contribution in [-0.4, -0.2) is 25.7 Å². The minimum Gasteiger partial charge on any atom is -0.461 e. The summed E-state index contributed by atoms with van der Waals surface area (Å²) in [6.07, 6.45) is 3.24. The number of nitrogens with zero attached hydrogens (tertiary/aromatic N) is 4. The van der Waals surface area contributed by atoms with Gasteiger partial charge in [0.25, 0.3) is 5.91 Å². The van der Waals surface area contributed by atoms with Crippen LogP contribution in [0.15, 0.2) is 71.5 Å². The van der Waals surface area contributed by atoms with E-state index in [1.165, 1.54) is 0 Å². The molecule has 7 heteroatoms. The zero-order valence-electron chi connectivity index (χ0n) is 14.7. The maximum atomic E-state index is 12.5. The molecule has 1 amide bonds. The molecule has 3 aromatic heterocycles. The molecular weight excluding hydrogens is 342 g/mol. The van der Waals surface area contributed by atoms with Crippen molar-refractivity contribution in [2.45, 2.75) is 13.5 Å². The molecule has 0 saturated heterocycles. The van der Waals surface area contributed by atoms with Gasteiger partial charge in [-0.1, -0.05) is 23.8 Å². The monoisotopic (exact) mass is 359 g/mol. The summed E-state index contributed by atoms with van der Waals surface area (Å²) in [4.78, 5) is 21.1. The highest BCUT2D eigenvalue weighted by Gasteiger charge is 2.20. The Kier molecular flexibility index (Phi) is 4.49. The van der Waals surface area contributed by atoms with Gasteiger partial charge in [-0.25, -0.2) is 4.68 Å². The van der Waals surface area contributed by atoms with Crippen LogP contribution in [0.2, 0.25) is 0 Å². The van der Waals surface area contributed by atoms with Crippen molar-refractivity contribution in [3.05, 3.63) is 84.1 Å². The van der Waals surface area contributed by atoms with E-state index < -0.39 is 0 Å². The van der Waals surface area contributed by atoms with Gasteiger partial charge >= 0.3 is 0 Å². The molecule has 0 radical (unpaired) electrons. The molecule has 1 N–H and O–H groups in total. The van der Waals surface area contributed by atoms with E-state index in [0.29, 0.717) is 18.1 Å². The molecule has 4 aromatic rings. The SMILES string of the molecule is Cc1ccc(-n2nc(C(=O)NCc3ccccn3)nc2-c2ccco2)cc1. The second kappa shape index (κ2) is 7.25. The summed E-state index contributed by atoms with van der Waals surface area (Å²) < 4.78 is 7.07. The van der Waals surface area contributed by atoms with Crippen molar-refractivity contribution in [2.75, 3.05) is 0 Å². The van der Waals surface area contributed by atoms with Crippen LogP contribution in [0.1, 0.15) is 21.9 Å². The molecule has 4 rings (SSSR count). The fraction of sp³-hybridized carbons (Fsp3) is 0.100. The molecule has 7 nitrogen and oxygen atoms in total. The summed E-state index contributed by atoms with van der Waals surface area (Å²) in [5, 5.41) is 7.18. The lowest BCUT2D eigenvalue weighted by Gasteiger charge is -2.04. The first kappa shape index (κ1) is 16.7. The number of amides is 1. The Labute approximate surface area is 155 Å². The first-order valence-corrected chi connectivity index (χ1v) is 8.47. The maximum Gasteiger partial charge on any atom is 0.291 e. The average molecular weight is 359 g/mol. The largest absolute Gasteiger partial charge is 0.461 e. The quantitative estimate of drug-likeness (QED) is 0.591. The van der Waals surface area contributed by atoms with Gasteiger partial charge in [-0.15, -0.1) is 5.10 Å². The average Bonchev–Trinajstić information content (AvgIpc) is 3.37. The molecule has 1 aromatic carbocycles. The number of carbonyl (C=O) groups excluding carboxylic acids is 1. The van der Waals surface area contributed by atoms with Crippen LogP contribution in [0.25, 0.3) is 17.3 Å². The van der Waals surface area contributed by atoms with Gasteiger partial charge in [0.15, 0.2) is 11.6 Å². The molecule has 0 fully saturated rings. The molecule has 3 heterocycles. The molecule has 0 unspecified atom stereocenters. The van der Waals surface area contributed by atoms with Gasteiger partial charge in [-0.3, -0.25) is 9.78 Å². The predicted molar refractivity (Wildman–Crippen MR) is 99.2 cm³/mol. The molecule has 0 saturated carbocycles. The van der Waals surface area contributed by atoms with Gasteiger partial charge in [0.05, 0.1) is 24.2 Å². The molecule has 0 aliphatic carbocycles. The van der Waals surface area contributed by atoms with E-state index in [4.69, 9.17) is 4.42 Å². The first-order chi connectivity index (χ1) is 13.2. The van der Waals surface area contributed by atoms with Crippen LogP contribution in [-0.2, 0) is 6.54 Å². The lowest BCUT2D eigenvalue weighted by molar-refractivity contribution is 0.0940. The van der Waals surface area contributed by atoms with E-state index in [9.17, 15) is 4.79 Å². The van der Waals surface area contributed by atoms with Crippen LogP contribution in [0, 0.1) is 6.92 Å². The minimum absolute atomic E-state index is 0.0675. The molecule has 0 aliphatic rings. The fourth-order valence-electron chi connectivity index (χ4n) is 2.59. The third kappa shape index (κ3) is 3.62. The number of furan rings is 1. The van der Waals surface area contributed by atoms with Gasteiger partial charge in [0, 0.05) is 6.20 Å². The summed E-state index contributed by atoms with van der Waals surface area (Å²) in [6.45, 7) is 2.31. The number of hydrogen-bond donors (Lipinski definition) is 1. The number of pyridine rings is 1. The number of rotatable bonds is 5. The summed E-state index contributed by atoms with van der Waals surface area (Å²) in [7, 11) is 0. The molecule has 0 spiro atoms. The van der Waals surface area contributed by atoms with Crippen molar-refractivity contribution >= 4 is 5.91 Å². The fourth-order valence-corrected chi connectivity index (χ4v) is 2.59. The Bertz CT molecular complexity index is 1040. The third-order valence-corrected chi connectivity index (χ3v) is 3.99. The van der Waals surface area contributed by atoms with Crippen LogP contribution >= 0.6 is 0 Å². The predicted octanol–water partition coefficient (Wildman–Crippen LogP) is 3.16. The summed E-state index contributed by atoms with van der Waals surface area (Å²) >= 11 is 0. The van der Waals surface area contributed by atoms with Crippen molar-refractivity contribution in [1.29, 1.82) is 0 Å². The topological polar surface area (TPSA) is 85.8 Å². The molecule has 0 aliphatic heterocycles. The van der Waals surface area contributed by atoms with Gasteiger partial charge < -0.3 is 9.73 Å². The number of nitrogens with one attached hydrogen (secondary N) is 1. The lowest BCUT2D eigenvalue weighted by Crippen LogP contribution is -2.24. The standard InChI is InChI=1S/C20H17N5O2/c1-14-7-9-16(10-8-14)25-19(17-6-4-12-27-17)23-18(24-25)20(26)22-13-15-5-2-3-11-21-15/h2-12H,13H2,1H3,(H,22,26). The van der Waals surface area contributed by atoms with Crippen molar-refractivity contribution in [3.63, 3.8) is 0 Å². The molecule has 0 bridgehead atoms. The minimum atomic E-state index is -0.376. The van der Waals surface area contributed by atoms with Gasteiger partial charge in [0.1, 0.15) is 0 Å². The van der Waals surface area contributed by atoms with Crippen LogP contribution in [0.4, 0.5) is 0 Å². The summed E-state index contributed by atoms with van der Waals surface area (Å²) in [6, 6.07) is 16.9. The number of benzene rings is 1. The molecule has 0 atom stereocenters. The van der Waals surface area contributed by atoms with E-state index in [0.717, 1.165) is 16.9 Å². The highest BCUT2D eigenvalue weighted by molar-refractivity contribution is 5.90. The number of carbonyl (C=O) groups is 1. The summed E-state index contributed by atoms with van der Waals surface area (Å²) in [5.41, 5.74) is 2.69. The van der Waals surface area contributed by atoms with Crippen LogP contribution in [0.5, 0.6) is 0 Å². The van der Waals surface area contributed by atoms with E-state index in [1.807, 2.05) is 49.4 Å². The highest BCUT2D eigenvalue weighted by Crippen LogP contribution is 2.22. The second-order valence-corrected chi connectivity index (χ2v) is 5.99. The Morgan fingerprint density at radius 1 is 1.11 bits per heavy atom. The second-order valence-electron chi connectivity index (χ2n) is 5.99. The number of aromatic nitrogens is 4. The lowest BCUT2D eigenvalue weighted by atomic mass is 10.2. The van der Waals surface area contributed by atoms with Gasteiger partial charge in [0.2, 0.25) is 5.82 Å². The zero-order chi connectivity index (χ0) is 18.6. The van der Waals surface area contributed by atoms with Crippen molar-refractivity contribution in [1.82, 2.24) is 25.1 Å². The van der Waals surface area contributed by atoms with Crippen LogP contribution in [0.3, 0.4) is 0 Å². The Morgan fingerprint density at radius 2 is 1.96 bits per heavy atom. The van der Waals surface area contributed by atoms with Crippen LogP contribution < -0.4 is 5.32 Å². The Morgan fingerprint density at radius 3 is 2.67 bits per heavy atom. The summed E-state index contributed by atoms with van der Waals surface area (Å²) in [5.74, 6) is 0.691. The van der Waals surface area contributed by atoms with Gasteiger partial charge in [-0.05, 0) is 43.3 Å². The van der Waals surface area contributed by atoms with Crippen molar-refractivity contribution in [3.8, 4) is 17.3 Å². The van der Waals surface area contributed by atoms with E-state index in [2.05, 4.69) is 20.4 Å². The Hall–Kier alpha value is -3.74. The van der Waals surface area contributed by atoms with E-state index in [-0.39, 0.29) is 11.7 Å². The maximum absolute atomic E-state index is 12.5. The molecular formula is C20H17N5O2. The smallest absolute Gasteiger partial charge is 0.291 e. The van der Waals surface area contributed by atoms with E-state index >= 15 is 0 Å². The number of aryl methyl sites for hydroxylation is 1. The van der Waals surface area contributed by atoms with E-state index in [1.54, 1.807) is 29.3 Å². The third-order valence-electron chi connectivity index (χ3n) is 3.99.